The second kappa shape index (κ2) is 5.32. The molecule has 0 unspecified atom stereocenters. The highest BCUT2D eigenvalue weighted by Crippen LogP contribution is 2.36. The Labute approximate surface area is 127 Å². The molecule has 0 saturated carbocycles. The molecule has 1 fully saturated rings. The van der Waals surface area contributed by atoms with Gasteiger partial charge in [0.05, 0.1) is 21.8 Å². The SMILES string of the molecule is CC(C)Cc1cnc(B2OC(C)(C)C(C)(C)O2)c(Cl)c1. The summed E-state index contributed by atoms with van der Waals surface area (Å²) in [6.45, 7) is 12.4. The van der Waals surface area contributed by atoms with Crippen LogP contribution in [0.25, 0.3) is 0 Å². The van der Waals surface area contributed by atoms with E-state index in [9.17, 15) is 0 Å². The molecular formula is C15H23BClNO2. The monoisotopic (exact) mass is 295 g/mol. The van der Waals surface area contributed by atoms with Gasteiger partial charge in [0, 0.05) is 6.20 Å². The van der Waals surface area contributed by atoms with Gasteiger partial charge in [-0.3, -0.25) is 4.98 Å². The molecule has 1 aromatic heterocycles. The fraction of sp³-hybridized carbons (Fsp3) is 0.667. The summed E-state index contributed by atoms with van der Waals surface area (Å²) in [6.07, 6.45) is 2.84. The molecule has 0 spiro atoms. The van der Waals surface area contributed by atoms with Crippen LogP contribution in [0.3, 0.4) is 0 Å². The number of pyridine rings is 1. The van der Waals surface area contributed by atoms with Gasteiger partial charge in [0.25, 0.3) is 0 Å². The van der Waals surface area contributed by atoms with E-state index in [1.54, 1.807) is 0 Å². The van der Waals surface area contributed by atoms with E-state index in [0.29, 0.717) is 16.5 Å². The molecule has 0 amide bonds. The van der Waals surface area contributed by atoms with Crippen molar-refractivity contribution in [2.75, 3.05) is 0 Å². The molecule has 0 N–H and O–H groups in total. The predicted molar refractivity (Wildman–Crippen MR) is 83.5 cm³/mol. The molecule has 0 radical (unpaired) electrons. The molecule has 1 aromatic rings. The first-order valence-corrected chi connectivity index (χ1v) is 7.50. The third kappa shape index (κ3) is 3.02. The normalized spacial score (nSPS) is 20.7. The van der Waals surface area contributed by atoms with Crippen molar-refractivity contribution in [3.63, 3.8) is 0 Å². The lowest BCUT2D eigenvalue weighted by molar-refractivity contribution is 0.00578. The van der Waals surface area contributed by atoms with Gasteiger partial charge in [0.15, 0.2) is 0 Å². The lowest BCUT2D eigenvalue weighted by atomic mass is 9.83. The smallest absolute Gasteiger partial charge is 0.398 e. The maximum Gasteiger partial charge on any atom is 0.516 e. The van der Waals surface area contributed by atoms with Crippen molar-refractivity contribution >= 4 is 24.3 Å². The number of rotatable bonds is 3. The van der Waals surface area contributed by atoms with Crippen LogP contribution in [-0.2, 0) is 15.7 Å². The van der Waals surface area contributed by atoms with Crippen LogP contribution in [0.1, 0.15) is 47.1 Å². The van der Waals surface area contributed by atoms with E-state index in [-0.39, 0.29) is 11.2 Å². The molecule has 1 saturated heterocycles. The van der Waals surface area contributed by atoms with Crippen LogP contribution in [0, 0.1) is 5.92 Å². The lowest BCUT2D eigenvalue weighted by Gasteiger charge is -2.32. The Morgan fingerprint density at radius 3 is 2.20 bits per heavy atom. The van der Waals surface area contributed by atoms with Gasteiger partial charge >= 0.3 is 7.12 Å². The van der Waals surface area contributed by atoms with Crippen molar-refractivity contribution in [2.24, 2.45) is 5.92 Å². The number of hydrogen-bond acceptors (Lipinski definition) is 3. The number of hydrogen-bond donors (Lipinski definition) is 0. The average molecular weight is 296 g/mol. The van der Waals surface area contributed by atoms with Gasteiger partial charge in [0.2, 0.25) is 0 Å². The first kappa shape index (κ1) is 15.8. The van der Waals surface area contributed by atoms with Gasteiger partial charge in [-0.2, -0.15) is 0 Å². The quantitative estimate of drug-likeness (QED) is 0.802. The predicted octanol–water partition coefficient (Wildman–Crippen LogP) is 3.23. The van der Waals surface area contributed by atoms with Gasteiger partial charge in [-0.25, -0.2) is 0 Å². The van der Waals surface area contributed by atoms with Crippen molar-refractivity contribution in [2.45, 2.75) is 59.2 Å². The van der Waals surface area contributed by atoms with Gasteiger partial charge in [0.1, 0.15) is 0 Å². The highest BCUT2D eigenvalue weighted by atomic mass is 35.5. The molecular weight excluding hydrogens is 272 g/mol. The number of nitrogens with zero attached hydrogens (tertiary/aromatic N) is 1. The van der Waals surface area contributed by atoms with Gasteiger partial charge in [-0.05, 0) is 51.7 Å². The van der Waals surface area contributed by atoms with Crippen LogP contribution >= 0.6 is 11.6 Å². The molecule has 3 nitrogen and oxygen atoms in total. The summed E-state index contributed by atoms with van der Waals surface area (Å²) in [5.41, 5.74) is 1.06. The van der Waals surface area contributed by atoms with Crippen molar-refractivity contribution in [1.82, 2.24) is 4.98 Å². The Hall–Kier alpha value is -0.575. The molecule has 0 bridgehead atoms. The maximum atomic E-state index is 6.36. The summed E-state index contributed by atoms with van der Waals surface area (Å²) < 4.78 is 12.0. The third-order valence-electron chi connectivity index (χ3n) is 4.05. The molecule has 0 aromatic carbocycles. The summed E-state index contributed by atoms with van der Waals surface area (Å²) in [6, 6.07) is 1.97. The summed E-state index contributed by atoms with van der Waals surface area (Å²) in [5.74, 6) is 0.579. The van der Waals surface area contributed by atoms with E-state index in [0.717, 1.165) is 12.0 Å². The first-order chi connectivity index (χ1) is 9.12. The number of halogens is 1. The van der Waals surface area contributed by atoms with Crippen LogP contribution < -0.4 is 5.59 Å². The van der Waals surface area contributed by atoms with E-state index in [4.69, 9.17) is 20.9 Å². The Bertz CT molecular complexity index is 487. The van der Waals surface area contributed by atoms with Gasteiger partial charge in [-0.15, -0.1) is 0 Å². The summed E-state index contributed by atoms with van der Waals surface area (Å²) in [7, 11) is -0.499. The van der Waals surface area contributed by atoms with Crippen LogP contribution in [0.5, 0.6) is 0 Å². The Morgan fingerprint density at radius 2 is 1.75 bits per heavy atom. The molecule has 0 atom stereocenters. The van der Waals surface area contributed by atoms with E-state index >= 15 is 0 Å². The highest BCUT2D eigenvalue weighted by molar-refractivity contribution is 6.64. The zero-order chi connectivity index (χ0) is 15.1. The Kier molecular flexibility index (Phi) is 4.21. The van der Waals surface area contributed by atoms with Gasteiger partial charge in [-0.1, -0.05) is 25.4 Å². The van der Waals surface area contributed by atoms with E-state index < -0.39 is 7.12 Å². The van der Waals surface area contributed by atoms with Crippen molar-refractivity contribution in [3.05, 3.63) is 22.8 Å². The average Bonchev–Trinajstić information content (AvgIpc) is 2.46. The third-order valence-corrected chi connectivity index (χ3v) is 4.35. The minimum Gasteiger partial charge on any atom is -0.398 e. The Morgan fingerprint density at radius 1 is 1.20 bits per heavy atom. The second-order valence-corrected chi connectivity index (χ2v) is 7.30. The second-order valence-electron chi connectivity index (χ2n) is 6.90. The summed E-state index contributed by atoms with van der Waals surface area (Å²) in [4.78, 5) is 4.46. The molecule has 2 heterocycles. The van der Waals surface area contributed by atoms with Crippen molar-refractivity contribution in [1.29, 1.82) is 0 Å². The standard InChI is InChI=1S/C15H23BClNO2/c1-10(2)7-11-8-12(17)13(18-9-11)16-19-14(3,4)15(5,6)20-16/h8-10H,7H2,1-6H3. The molecule has 5 heteroatoms. The zero-order valence-corrected chi connectivity index (χ0v) is 13.9. The minimum absolute atomic E-state index is 0.376. The molecule has 1 aliphatic heterocycles. The van der Waals surface area contributed by atoms with Gasteiger partial charge < -0.3 is 9.31 Å². The molecule has 20 heavy (non-hydrogen) atoms. The van der Waals surface area contributed by atoms with E-state index in [2.05, 4.69) is 18.8 Å². The maximum absolute atomic E-state index is 6.36. The Balaban J connectivity index is 2.23. The van der Waals surface area contributed by atoms with Crippen molar-refractivity contribution in [3.8, 4) is 0 Å². The van der Waals surface area contributed by atoms with Crippen LogP contribution in [-0.4, -0.2) is 23.3 Å². The van der Waals surface area contributed by atoms with Crippen LogP contribution in [0.2, 0.25) is 5.02 Å². The van der Waals surface area contributed by atoms with Crippen LogP contribution in [0.15, 0.2) is 12.3 Å². The van der Waals surface area contributed by atoms with E-state index in [1.807, 2.05) is 40.0 Å². The topological polar surface area (TPSA) is 31.4 Å². The highest BCUT2D eigenvalue weighted by Gasteiger charge is 2.52. The van der Waals surface area contributed by atoms with Crippen molar-refractivity contribution < 1.29 is 9.31 Å². The zero-order valence-electron chi connectivity index (χ0n) is 13.2. The minimum atomic E-state index is -0.499. The molecule has 1 aliphatic rings. The van der Waals surface area contributed by atoms with Crippen LogP contribution in [0.4, 0.5) is 0 Å². The summed E-state index contributed by atoms with van der Waals surface area (Å²) in [5, 5.41) is 0.613. The number of aromatic nitrogens is 1. The summed E-state index contributed by atoms with van der Waals surface area (Å²) >= 11 is 6.36. The fourth-order valence-corrected chi connectivity index (χ4v) is 2.48. The largest absolute Gasteiger partial charge is 0.516 e. The fourth-order valence-electron chi connectivity index (χ4n) is 2.20. The molecule has 2 rings (SSSR count). The van der Waals surface area contributed by atoms with E-state index in [1.165, 1.54) is 0 Å². The first-order valence-electron chi connectivity index (χ1n) is 7.12. The lowest BCUT2D eigenvalue weighted by Crippen LogP contribution is -2.41. The molecule has 110 valence electrons. The molecule has 0 aliphatic carbocycles.